The number of nitrogens with zero attached hydrogens (tertiary/aromatic N) is 2. The van der Waals surface area contributed by atoms with Gasteiger partial charge in [-0.25, -0.2) is 4.68 Å². The zero-order valence-electron chi connectivity index (χ0n) is 11.4. The molecule has 0 N–H and O–H groups in total. The molecule has 6 heteroatoms. The van der Waals surface area contributed by atoms with Crippen molar-refractivity contribution in [1.82, 2.24) is 9.78 Å². The molecule has 0 spiro atoms. The molecule has 1 unspecified atom stereocenters. The van der Waals surface area contributed by atoms with E-state index in [1.807, 2.05) is 19.9 Å². The number of ether oxygens (including phenoxy) is 1. The molecule has 4 nitrogen and oxygen atoms in total. The van der Waals surface area contributed by atoms with Crippen LogP contribution in [0, 0.1) is 13.8 Å². The van der Waals surface area contributed by atoms with Crippen molar-refractivity contribution in [3.05, 3.63) is 45.7 Å². The van der Waals surface area contributed by atoms with E-state index in [-0.39, 0.29) is 5.91 Å². The standard InChI is InChI=1S/C14H14Cl2N2O2/c1-8-6-9(2)18(17-8)14(19)10(3)20-13-5-4-11(15)7-12(13)16/h4-7,10H,1-3H3. The van der Waals surface area contributed by atoms with Crippen molar-refractivity contribution in [2.24, 2.45) is 0 Å². The topological polar surface area (TPSA) is 44.1 Å². The third-order valence-electron chi connectivity index (χ3n) is 2.76. The highest BCUT2D eigenvalue weighted by molar-refractivity contribution is 6.35. The van der Waals surface area contributed by atoms with Crippen LogP contribution in [0.25, 0.3) is 0 Å². The lowest BCUT2D eigenvalue weighted by atomic mass is 10.3. The first-order chi connectivity index (χ1) is 9.38. The van der Waals surface area contributed by atoms with E-state index in [4.69, 9.17) is 27.9 Å². The van der Waals surface area contributed by atoms with E-state index in [0.29, 0.717) is 15.8 Å². The maximum atomic E-state index is 12.3. The number of hydrogen-bond acceptors (Lipinski definition) is 3. The largest absolute Gasteiger partial charge is 0.479 e. The minimum atomic E-state index is -0.702. The first-order valence-corrected chi connectivity index (χ1v) is 6.83. The summed E-state index contributed by atoms with van der Waals surface area (Å²) in [6.07, 6.45) is -0.702. The lowest BCUT2D eigenvalue weighted by Crippen LogP contribution is -2.30. The molecule has 106 valence electrons. The summed E-state index contributed by atoms with van der Waals surface area (Å²) < 4.78 is 6.92. The van der Waals surface area contributed by atoms with Gasteiger partial charge in [-0.3, -0.25) is 4.79 Å². The molecule has 0 aliphatic rings. The van der Waals surface area contributed by atoms with Gasteiger partial charge in [0, 0.05) is 10.7 Å². The van der Waals surface area contributed by atoms with Gasteiger partial charge in [0.1, 0.15) is 5.75 Å². The number of benzene rings is 1. The molecular formula is C14H14Cl2N2O2. The fourth-order valence-corrected chi connectivity index (χ4v) is 2.29. The van der Waals surface area contributed by atoms with E-state index in [9.17, 15) is 4.79 Å². The van der Waals surface area contributed by atoms with Crippen molar-refractivity contribution in [3.63, 3.8) is 0 Å². The van der Waals surface area contributed by atoms with Crippen LogP contribution >= 0.6 is 23.2 Å². The SMILES string of the molecule is Cc1cc(C)n(C(=O)C(C)Oc2ccc(Cl)cc2Cl)n1. The van der Waals surface area contributed by atoms with Crippen molar-refractivity contribution < 1.29 is 9.53 Å². The Morgan fingerprint density at radius 3 is 2.55 bits per heavy atom. The lowest BCUT2D eigenvalue weighted by molar-refractivity contribution is 0.0707. The van der Waals surface area contributed by atoms with Gasteiger partial charge in [0.15, 0.2) is 6.10 Å². The zero-order chi connectivity index (χ0) is 14.9. The third-order valence-corrected chi connectivity index (χ3v) is 3.29. The molecule has 2 aromatic rings. The Kier molecular flexibility index (Phi) is 4.35. The molecule has 0 aliphatic heterocycles. The fourth-order valence-electron chi connectivity index (χ4n) is 1.84. The number of halogens is 2. The Labute approximate surface area is 127 Å². The molecule has 0 saturated carbocycles. The summed E-state index contributed by atoms with van der Waals surface area (Å²) in [4.78, 5) is 12.3. The Balaban J connectivity index is 2.17. The first kappa shape index (κ1) is 14.9. The normalized spacial score (nSPS) is 12.2. The average Bonchev–Trinajstić information content (AvgIpc) is 2.71. The first-order valence-electron chi connectivity index (χ1n) is 6.07. The van der Waals surface area contributed by atoms with Gasteiger partial charge in [-0.1, -0.05) is 23.2 Å². The molecule has 0 saturated heterocycles. The number of hydrogen-bond donors (Lipinski definition) is 0. The van der Waals surface area contributed by atoms with Crippen LogP contribution in [-0.4, -0.2) is 21.8 Å². The monoisotopic (exact) mass is 312 g/mol. The van der Waals surface area contributed by atoms with Crippen LogP contribution in [0.15, 0.2) is 24.3 Å². The van der Waals surface area contributed by atoms with Crippen LogP contribution in [0.4, 0.5) is 0 Å². The number of rotatable bonds is 3. The molecule has 1 aromatic heterocycles. The van der Waals surface area contributed by atoms with Crippen LogP contribution in [0.1, 0.15) is 23.1 Å². The summed E-state index contributed by atoms with van der Waals surface area (Å²) in [5, 5.41) is 5.02. The van der Waals surface area contributed by atoms with Gasteiger partial charge in [-0.05, 0) is 45.0 Å². The van der Waals surface area contributed by atoms with Gasteiger partial charge < -0.3 is 4.74 Å². The Morgan fingerprint density at radius 2 is 2.00 bits per heavy atom. The van der Waals surface area contributed by atoms with E-state index < -0.39 is 6.10 Å². The second kappa shape index (κ2) is 5.85. The van der Waals surface area contributed by atoms with E-state index in [2.05, 4.69) is 5.10 Å². The van der Waals surface area contributed by atoms with Crippen LogP contribution in [0.5, 0.6) is 5.75 Å². The molecule has 0 amide bonds. The van der Waals surface area contributed by atoms with Crippen LogP contribution in [0.2, 0.25) is 10.0 Å². The van der Waals surface area contributed by atoms with E-state index >= 15 is 0 Å². The highest BCUT2D eigenvalue weighted by Gasteiger charge is 2.20. The predicted molar refractivity (Wildman–Crippen MR) is 78.9 cm³/mol. The van der Waals surface area contributed by atoms with Gasteiger partial charge in [-0.15, -0.1) is 0 Å². The Morgan fingerprint density at radius 1 is 1.30 bits per heavy atom. The molecular weight excluding hydrogens is 299 g/mol. The number of aryl methyl sites for hydroxylation is 2. The smallest absolute Gasteiger partial charge is 0.287 e. The maximum absolute atomic E-state index is 12.3. The van der Waals surface area contributed by atoms with E-state index in [1.54, 1.807) is 25.1 Å². The van der Waals surface area contributed by atoms with Crippen LogP contribution in [-0.2, 0) is 0 Å². The summed E-state index contributed by atoms with van der Waals surface area (Å²) in [7, 11) is 0. The quantitative estimate of drug-likeness (QED) is 0.863. The molecule has 0 radical (unpaired) electrons. The number of aromatic nitrogens is 2. The molecule has 1 heterocycles. The van der Waals surface area contributed by atoms with Crippen molar-refractivity contribution in [2.75, 3.05) is 0 Å². The third kappa shape index (κ3) is 3.14. The van der Waals surface area contributed by atoms with Gasteiger partial charge in [0.2, 0.25) is 0 Å². The van der Waals surface area contributed by atoms with Crippen LogP contribution < -0.4 is 4.74 Å². The highest BCUT2D eigenvalue weighted by Crippen LogP contribution is 2.28. The molecule has 2 rings (SSSR count). The maximum Gasteiger partial charge on any atom is 0.287 e. The highest BCUT2D eigenvalue weighted by atomic mass is 35.5. The minimum absolute atomic E-state index is 0.249. The van der Waals surface area contributed by atoms with Gasteiger partial charge in [0.05, 0.1) is 10.7 Å². The number of carbonyl (C=O) groups excluding carboxylic acids is 1. The Bertz CT molecular complexity index is 653. The molecule has 1 atom stereocenters. The molecule has 1 aromatic carbocycles. The minimum Gasteiger partial charge on any atom is -0.479 e. The van der Waals surface area contributed by atoms with Crippen LogP contribution in [0.3, 0.4) is 0 Å². The molecule has 0 bridgehead atoms. The van der Waals surface area contributed by atoms with Crippen molar-refractivity contribution >= 4 is 29.1 Å². The van der Waals surface area contributed by atoms with Crippen molar-refractivity contribution in [1.29, 1.82) is 0 Å². The summed E-state index contributed by atoms with van der Waals surface area (Å²) in [5.74, 6) is 0.167. The van der Waals surface area contributed by atoms with E-state index in [0.717, 1.165) is 11.4 Å². The van der Waals surface area contributed by atoms with E-state index in [1.165, 1.54) is 4.68 Å². The molecule has 0 fully saturated rings. The lowest BCUT2D eigenvalue weighted by Gasteiger charge is -2.15. The van der Waals surface area contributed by atoms with Gasteiger partial charge in [0.25, 0.3) is 5.91 Å². The zero-order valence-corrected chi connectivity index (χ0v) is 12.9. The Hall–Kier alpha value is -1.52. The average molecular weight is 313 g/mol. The van der Waals surface area contributed by atoms with Crippen molar-refractivity contribution in [2.45, 2.75) is 26.9 Å². The second-order valence-electron chi connectivity index (χ2n) is 4.51. The van der Waals surface area contributed by atoms with Crippen molar-refractivity contribution in [3.8, 4) is 5.75 Å². The van der Waals surface area contributed by atoms with Gasteiger partial charge in [-0.2, -0.15) is 5.10 Å². The summed E-state index contributed by atoms with van der Waals surface area (Å²) >= 11 is 11.8. The summed E-state index contributed by atoms with van der Waals surface area (Å²) in [6, 6.07) is 6.69. The summed E-state index contributed by atoms with van der Waals surface area (Å²) in [5.41, 5.74) is 1.55. The number of carbonyl (C=O) groups is 1. The summed E-state index contributed by atoms with van der Waals surface area (Å²) in [6.45, 7) is 5.31. The van der Waals surface area contributed by atoms with Gasteiger partial charge >= 0.3 is 0 Å². The predicted octanol–water partition coefficient (Wildman–Crippen LogP) is 3.91. The second-order valence-corrected chi connectivity index (χ2v) is 5.36. The molecule has 20 heavy (non-hydrogen) atoms. The fraction of sp³-hybridized carbons (Fsp3) is 0.286. The molecule has 0 aliphatic carbocycles.